The minimum atomic E-state index is -0.351. The Morgan fingerprint density at radius 2 is 1.92 bits per heavy atom. The van der Waals surface area contributed by atoms with Gasteiger partial charge in [0, 0.05) is 16.1 Å². The normalized spacial score (nSPS) is 26.9. The van der Waals surface area contributed by atoms with Gasteiger partial charge in [-0.05, 0) is 43.2 Å². The highest BCUT2D eigenvalue weighted by Gasteiger charge is 2.73. The molecule has 1 aliphatic carbocycles. The predicted octanol–water partition coefficient (Wildman–Crippen LogP) is 4.77. The molecule has 2 aliphatic rings. The van der Waals surface area contributed by atoms with Crippen LogP contribution in [0.3, 0.4) is 0 Å². The van der Waals surface area contributed by atoms with Gasteiger partial charge in [0.15, 0.2) is 0 Å². The summed E-state index contributed by atoms with van der Waals surface area (Å²) in [6.45, 7) is 4.28. The molecule has 0 N–H and O–H groups in total. The van der Waals surface area contributed by atoms with Crippen LogP contribution in [0.15, 0.2) is 58.0 Å². The van der Waals surface area contributed by atoms with Gasteiger partial charge >= 0.3 is 5.97 Å². The predicted molar refractivity (Wildman–Crippen MR) is 97.9 cm³/mol. The van der Waals surface area contributed by atoms with Crippen LogP contribution in [0.25, 0.3) is 0 Å². The molecule has 3 nitrogen and oxygen atoms in total. The number of nitrogens with zero attached hydrogens (tertiary/aromatic N) is 1. The van der Waals surface area contributed by atoms with Gasteiger partial charge in [0.25, 0.3) is 0 Å². The van der Waals surface area contributed by atoms with E-state index in [1.54, 1.807) is 0 Å². The van der Waals surface area contributed by atoms with Crippen LogP contribution in [0.5, 0.6) is 0 Å². The Morgan fingerprint density at radius 1 is 1.21 bits per heavy atom. The summed E-state index contributed by atoms with van der Waals surface area (Å²) in [6, 6.07) is 16.4. The van der Waals surface area contributed by atoms with Crippen molar-refractivity contribution in [3.05, 3.63) is 64.1 Å². The smallest absolute Gasteiger partial charge is 0.310 e. The highest BCUT2D eigenvalue weighted by Crippen LogP contribution is 2.70. The Labute approximate surface area is 149 Å². The summed E-state index contributed by atoms with van der Waals surface area (Å²) in [7, 11) is 0. The maximum atomic E-state index is 12.7. The summed E-state index contributed by atoms with van der Waals surface area (Å²) in [4.78, 5) is 17.4. The van der Waals surface area contributed by atoms with Gasteiger partial charge in [-0.2, -0.15) is 0 Å². The summed E-state index contributed by atoms with van der Waals surface area (Å²) in [5, 5.41) is 0. The van der Waals surface area contributed by atoms with Gasteiger partial charge in [0.2, 0.25) is 0 Å². The summed E-state index contributed by atoms with van der Waals surface area (Å²) < 4.78 is 6.42. The third kappa shape index (κ3) is 2.02. The number of hydrogen-bond acceptors (Lipinski definition) is 3. The van der Waals surface area contributed by atoms with Crippen molar-refractivity contribution in [3.8, 4) is 0 Å². The molecule has 1 fully saturated rings. The first-order valence-electron chi connectivity index (χ1n) is 8.18. The second kappa shape index (κ2) is 5.55. The largest absolute Gasteiger partial charge is 0.466 e. The van der Waals surface area contributed by atoms with Crippen molar-refractivity contribution < 1.29 is 9.53 Å². The zero-order chi connectivity index (χ0) is 16.9. The lowest BCUT2D eigenvalue weighted by molar-refractivity contribution is -0.145. The average Bonchev–Trinajstić information content (AvgIpc) is 3.19. The second-order valence-corrected chi connectivity index (χ2v) is 7.26. The van der Waals surface area contributed by atoms with E-state index in [-0.39, 0.29) is 23.2 Å². The number of carbonyl (C=O) groups is 1. The van der Waals surface area contributed by atoms with E-state index in [1.165, 1.54) is 0 Å². The Kier molecular flexibility index (Phi) is 3.61. The van der Waals surface area contributed by atoms with E-state index < -0.39 is 0 Å². The topological polar surface area (TPSA) is 38.7 Å². The van der Waals surface area contributed by atoms with Crippen LogP contribution in [0.1, 0.15) is 30.9 Å². The van der Waals surface area contributed by atoms with Crippen molar-refractivity contribution in [2.24, 2.45) is 10.9 Å². The molecule has 0 amide bonds. The maximum Gasteiger partial charge on any atom is 0.310 e. The second-order valence-electron chi connectivity index (χ2n) is 6.34. The number of halogens is 1. The number of aliphatic imine (C=N–C) groups is 1. The van der Waals surface area contributed by atoms with Gasteiger partial charge in [-0.3, -0.25) is 9.79 Å². The molecule has 0 aromatic heterocycles. The summed E-state index contributed by atoms with van der Waals surface area (Å²) in [5.74, 6) is -0.250. The van der Waals surface area contributed by atoms with E-state index in [4.69, 9.17) is 9.73 Å². The molecular weight excluding hydrogens is 366 g/mol. The molecular formula is C20H18BrNO2. The maximum absolute atomic E-state index is 12.7. The molecule has 24 heavy (non-hydrogen) atoms. The lowest BCUT2D eigenvalue weighted by atomic mass is 9.87. The minimum Gasteiger partial charge on any atom is -0.466 e. The fourth-order valence-corrected chi connectivity index (χ4v) is 4.51. The third-order valence-electron chi connectivity index (χ3n) is 5.21. The third-order valence-corrected chi connectivity index (χ3v) is 5.74. The molecule has 2 aromatic rings. The number of esters is 1. The molecule has 1 spiro atoms. The number of ether oxygens (including phenoxy) is 1. The zero-order valence-electron chi connectivity index (χ0n) is 13.6. The van der Waals surface area contributed by atoms with E-state index in [2.05, 4.69) is 34.1 Å². The minimum absolute atomic E-state index is 0.0806. The SMILES string of the molecule is CCOC(=O)[C@@H]1[C@@H](c2ccc(Br)cc2)[C@@]12C(C)=Nc1ccccc12. The molecule has 1 aliphatic heterocycles. The van der Waals surface area contributed by atoms with E-state index in [0.29, 0.717) is 6.61 Å². The Hall–Kier alpha value is -1.94. The van der Waals surface area contributed by atoms with Gasteiger partial charge in [-0.1, -0.05) is 46.3 Å². The van der Waals surface area contributed by atoms with Crippen molar-refractivity contribution in [3.63, 3.8) is 0 Å². The molecule has 2 aromatic carbocycles. The van der Waals surface area contributed by atoms with Gasteiger partial charge < -0.3 is 4.74 Å². The van der Waals surface area contributed by atoms with Crippen LogP contribution in [-0.2, 0) is 14.9 Å². The van der Waals surface area contributed by atoms with Crippen LogP contribution in [0.2, 0.25) is 0 Å². The molecule has 4 rings (SSSR count). The van der Waals surface area contributed by atoms with Crippen LogP contribution in [-0.4, -0.2) is 18.3 Å². The summed E-state index contributed by atoms with van der Waals surface area (Å²) >= 11 is 3.48. The van der Waals surface area contributed by atoms with E-state index >= 15 is 0 Å². The Bertz CT molecular complexity index is 843. The van der Waals surface area contributed by atoms with Gasteiger partial charge in [0.05, 0.1) is 23.6 Å². The molecule has 0 bridgehead atoms. The van der Waals surface area contributed by atoms with Crippen LogP contribution in [0.4, 0.5) is 5.69 Å². The number of para-hydroxylation sites is 1. The molecule has 0 unspecified atom stereocenters. The molecule has 0 radical (unpaired) electrons. The summed E-state index contributed by atoms with van der Waals surface area (Å²) in [5.41, 5.74) is 3.94. The van der Waals surface area contributed by atoms with Gasteiger partial charge in [-0.15, -0.1) is 0 Å². The highest BCUT2D eigenvalue weighted by molar-refractivity contribution is 9.10. The molecule has 1 saturated carbocycles. The van der Waals surface area contributed by atoms with E-state index in [0.717, 1.165) is 27.0 Å². The van der Waals surface area contributed by atoms with Gasteiger partial charge in [-0.25, -0.2) is 0 Å². The fraction of sp³-hybridized carbons (Fsp3) is 0.300. The van der Waals surface area contributed by atoms with Crippen molar-refractivity contribution in [2.45, 2.75) is 25.2 Å². The van der Waals surface area contributed by atoms with Crippen molar-refractivity contribution in [1.82, 2.24) is 0 Å². The van der Waals surface area contributed by atoms with E-state index in [1.807, 2.05) is 44.2 Å². The van der Waals surface area contributed by atoms with Crippen molar-refractivity contribution in [2.75, 3.05) is 6.61 Å². The Morgan fingerprint density at radius 3 is 2.62 bits per heavy atom. The lowest BCUT2D eigenvalue weighted by Gasteiger charge is -2.13. The molecule has 3 atom stereocenters. The number of benzene rings is 2. The van der Waals surface area contributed by atoms with Gasteiger partial charge in [0.1, 0.15) is 0 Å². The number of hydrogen-bond donors (Lipinski definition) is 0. The first-order chi connectivity index (χ1) is 11.6. The molecule has 1 heterocycles. The summed E-state index contributed by atoms with van der Waals surface area (Å²) in [6.07, 6.45) is 0. The zero-order valence-corrected chi connectivity index (χ0v) is 15.2. The molecule has 122 valence electrons. The first-order valence-corrected chi connectivity index (χ1v) is 8.97. The van der Waals surface area contributed by atoms with Crippen LogP contribution < -0.4 is 0 Å². The van der Waals surface area contributed by atoms with Crippen LogP contribution in [0, 0.1) is 5.92 Å². The van der Waals surface area contributed by atoms with Crippen molar-refractivity contribution in [1.29, 1.82) is 0 Å². The van der Waals surface area contributed by atoms with Crippen LogP contribution >= 0.6 is 15.9 Å². The van der Waals surface area contributed by atoms with Crippen molar-refractivity contribution >= 4 is 33.3 Å². The monoisotopic (exact) mass is 383 g/mol. The number of rotatable bonds is 3. The standard InChI is InChI=1S/C20H18BrNO2/c1-3-24-19(23)18-17(13-8-10-14(21)11-9-13)20(18)12(2)22-16-7-5-4-6-15(16)20/h4-11,17-18H,3H2,1-2H3/t17-,18+,20+/m1/s1. The molecule has 0 saturated heterocycles. The lowest BCUT2D eigenvalue weighted by Crippen LogP contribution is -2.22. The number of carbonyl (C=O) groups excluding carboxylic acids is 1. The quantitative estimate of drug-likeness (QED) is 0.715. The average molecular weight is 384 g/mol. The highest BCUT2D eigenvalue weighted by atomic mass is 79.9. The van der Waals surface area contributed by atoms with E-state index in [9.17, 15) is 4.79 Å². The fourth-order valence-electron chi connectivity index (χ4n) is 4.24. The Balaban J connectivity index is 1.85. The molecule has 4 heteroatoms. The number of fused-ring (bicyclic) bond motifs is 2. The first kappa shape index (κ1) is 15.6.